The van der Waals surface area contributed by atoms with Crippen molar-refractivity contribution >= 4 is 6.09 Å². The van der Waals surface area contributed by atoms with Gasteiger partial charge in [0, 0.05) is 5.92 Å². The second-order valence-electron chi connectivity index (χ2n) is 4.59. The Balaban J connectivity index is 4.20. The number of nitriles is 2. The number of hydrogen-bond acceptors (Lipinski definition) is 4. The number of nitrogens with zero attached hydrogens (tertiary/aromatic N) is 2. The second-order valence-corrected chi connectivity index (χ2v) is 4.59. The molecule has 0 bridgehead atoms. The van der Waals surface area contributed by atoms with Crippen molar-refractivity contribution < 1.29 is 9.53 Å². The van der Waals surface area contributed by atoms with Crippen molar-refractivity contribution in [3.05, 3.63) is 0 Å². The predicted octanol–water partition coefficient (Wildman–Crippen LogP) is 1.95. The lowest BCUT2D eigenvalue weighted by Crippen LogP contribution is -2.39. The van der Waals surface area contributed by atoms with Crippen molar-refractivity contribution in [2.45, 2.75) is 45.8 Å². The molecule has 16 heavy (non-hydrogen) atoms. The molecule has 0 heterocycles. The number of amides is 1. The van der Waals surface area contributed by atoms with Crippen LogP contribution in [0, 0.1) is 28.6 Å². The van der Waals surface area contributed by atoms with Crippen LogP contribution in [0.3, 0.4) is 0 Å². The van der Waals surface area contributed by atoms with E-state index in [1.165, 1.54) is 0 Å². The summed E-state index contributed by atoms with van der Waals surface area (Å²) in [6.45, 7) is 6.92. The van der Waals surface area contributed by atoms with E-state index in [0.717, 1.165) is 0 Å². The van der Waals surface area contributed by atoms with Crippen LogP contribution in [0.25, 0.3) is 0 Å². The summed E-state index contributed by atoms with van der Waals surface area (Å²) in [5, 5.41) is 19.8. The molecule has 0 aliphatic heterocycles. The summed E-state index contributed by atoms with van der Waals surface area (Å²) >= 11 is 0. The minimum atomic E-state index is -0.690. The maximum absolute atomic E-state index is 11.3. The number of carbonyl (C=O) groups excluding carboxylic acids is 1. The van der Waals surface area contributed by atoms with E-state index in [1.54, 1.807) is 27.7 Å². The summed E-state index contributed by atoms with van der Waals surface area (Å²) < 4.78 is 5.00. The van der Waals surface area contributed by atoms with Crippen LogP contribution in [-0.2, 0) is 4.74 Å². The van der Waals surface area contributed by atoms with Crippen LogP contribution in [0.1, 0.15) is 34.1 Å². The molecule has 0 aliphatic carbocycles. The third-order valence-corrected chi connectivity index (χ3v) is 1.66. The van der Waals surface area contributed by atoms with Crippen LogP contribution < -0.4 is 5.32 Å². The Morgan fingerprint density at radius 3 is 2.31 bits per heavy atom. The molecule has 1 N–H and O–H groups in total. The van der Waals surface area contributed by atoms with Crippen molar-refractivity contribution in [1.82, 2.24) is 5.32 Å². The molecule has 0 saturated carbocycles. The van der Waals surface area contributed by atoms with E-state index in [9.17, 15) is 4.79 Å². The van der Waals surface area contributed by atoms with E-state index in [-0.39, 0.29) is 5.92 Å². The molecule has 0 radical (unpaired) electrons. The molecule has 0 spiro atoms. The fraction of sp³-hybridized carbons (Fsp3) is 0.727. The van der Waals surface area contributed by atoms with Crippen molar-refractivity contribution in [2.24, 2.45) is 5.92 Å². The zero-order valence-electron chi connectivity index (χ0n) is 10.1. The topological polar surface area (TPSA) is 85.9 Å². The highest BCUT2D eigenvalue weighted by atomic mass is 16.6. The van der Waals surface area contributed by atoms with Gasteiger partial charge in [0.15, 0.2) is 0 Å². The fourth-order valence-electron chi connectivity index (χ4n) is 1.000. The third kappa shape index (κ3) is 6.67. The summed E-state index contributed by atoms with van der Waals surface area (Å²) in [5.41, 5.74) is -0.592. The van der Waals surface area contributed by atoms with E-state index in [2.05, 4.69) is 5.32 Å². The lowest BCUT2D eigenvalue weighted by Gasteiger charge is -2.21. The third-order valence-electron chi connectivity index (χ3n) is 1.66. The number of alkyl carbamates (subject to hydrolysis) is 1. The molecule has 5 nitrogen and oxygen atoms in total. The van der Waals surface area contributed by atoms with Gasteiger partial charge in [-0.25, -0.2) is 4.79 Å². The lowest BCUT2D eigenvalue weighted by molar-refractivity contribution is 0.0512. The van der Waals surface area contributed by atoms with E-state index in [1.807, 2.05) is 12.1 Å². The number of carbonyl (C=O) groups is 1. The summed E-state index contributed by atoms with van der Waals surface area (Å²) in [7, 11) is 0. The van der Waals surface area contributed by atoms with Crippen molar-refractivity contribution in [1.29, 1.82) is 10.5 Å². The molecule has 2 atom stereocenters. The van der Waals surface area contributed by atoms with Gasteiger partial charge in [0.2, 0.25) is 0 Å². The van der Waals surface area contributed by atoms with Gasteiger partial charge in [-0.1, -0.05) is 0 Å². The van der Waals surface area contributed by atoms with Crippen LogP contribution in [0.15, 0.2) is 0 Å². The smallest absolute Gasteiger partial charge is 0.408 e. The first kappa shape index (κ1) is 14.2. The fourth-order valence-corrected chi connectivity index (χ4v) is 1.000. The van der Waals surface area contributed by atoms with Gasteiger partial charge < -0.3 is 10.1 Å². The zero-order valence-corrected chi connectivity index (χ0v) is 10.1. The Hall–Kier alpha value is -1.75. The van der Waals surface area contributed by atoms with Gasteiger partial charge in [-0.2, -0.15) is 10.5 Å². The number of ether oxygens (including phenoxy) is 1. The van der Waals surface area contributed by atoms with Gasteiger partial charge in [0.25, 0.3) is 0 Å². The summed E-state index contributed by atoms with van der Waals surface area (Å²) in [4.78, 5) is 11.3. The molecule has 0 aliphatic rings. The standard InChI is InChI=1S/C11H17N3O2/c1-8(6-12)5-9(7-13)14-10(15)16-11(2,3)4/h8-9H,5H2,1-4H3,(H,14,15). The average Bonchev–Trinajstić information content (AvgIpc) is 2.13. The Kier molecular flexibility index (Phi) is 5.32. The molecule has 0 aromatic carbocycles. The van der Waals surface area contributed by atoms with Gasteiger partial charge in [0.05, 0.1) is 12.1 Å². The number of nitrogens with one attached hydrogen (secondary N) is 1. The first-order valence-corrected chi connectivity index (χ1v) is 5.07. The monoisotopic (exact) mass is 223 g/mol. The Labute approximate surface area is 96.0 Å². The molecule has 1 amide bonds. The van der Waals surface area contributed by atoms with Crippen LogP contribution in [-0.4, -0.2) is 17.7 Å². The molecule has 0 aromatic rings. The van der Waals surface area contributed by atoms with E-state index >= 15 is 0 Å². The number of hydrogen-bond donors (Lipinski definition) is 1. The molecule has 88 valence electrons. The van der Waals surface area contributed by atoms with Gasteiger partial charge >= 0.3 is 6.09 Å². The van der Waals surface area contributed by atoms with Crippen LogP contribution in [0.4, 0.5) is 4.79 Å². The molecule has 0 rings (SSSR count). The maximum atomic E-state index is 11.3. The van der Waals surface area contributed by atoms with Gasteiger partial charge in [0.1, 0.15) is 11.6 Å². The first-order chi connectivity index (χ1) is 7.28. The summed E-state index contributed by atoms with van der Waals surface area (Å²) in [6.07, 6.45) is -0.337. The minimum absolute atomic E-state index is 0.278. The summed E-state index contributed by atoms with van der Waals surface area (Å²) in [5.74, 6) is -0.278. The highest BCUT2D eigenvalue weighted by molar-refractivity contribution is 5.68. The normalized spacial score (nSPS) is 14.1. The largest absolute Gasteiger partial charge is 0.444 e. The van der Waals surface area contributed by atoms with Crippen LogP contribution >= 0.6 is 0 Å². The van der Waals surface area contributed by atoms with E-state index in [0.29, 0.717) is 6.42 Å². The van der Waals surface area contributed by atoms with Crippen LogP contribution in [0.5, 0.6) is 0 Å². The first-order valence-electron chi connectivity index (χ1n) is 5.07. The van der Waals surface area contributed by atoms with Crippen molar-refractivity contribution in [3.8, 4) is 12.1 Å². The lowest BCUT2D eigenvalue weighted by atomic mass is 10.0. The Bertz CT molecular complexity index is 320. The highest BCUT2D eigenvalue weighted by Crippen LogP contribution is 2.08. The molecule has 0 fully saturated rings. The SMILES string of the molecule is CC(C#N)CC(C#N)NC(=O)OC(C)(C)C. The van der Waals surface area contributed by atoms with Crippen molar-refractivity contribution in [3.63, 3.8) is 0 Å². The molecule has 5 heteroatoms. The van der Waals surface area contributed by atoms with Crippen molar-refractivity contribution in [2.75, 3.05) is 0 Å². The Morgan fingerprint density at radius 1 is 1.38 bits per heavy atom. The highest BCUT2D eigenvalue weighted by Gasteiger charge is 2.20. The van der Waals surface area contributed by atoms with Gasteiger partial charge in [-0.3, -0.25) is 0 Å². The van der Waals surface area contributed by atoms with Gasteiger partial charge in [-0.05, 0) is 34.1 Å². The maximum Gasteiger partial charge on any atom is 0.408 e. The molecule has 0 saturated heterocycles. The Morgan fingerprint density at radius 2 is 1.94 bits per heavy atom. The number of rotatable bonds is 3. The zero-order chi connectivity index (χ0) is 12.8. The molecule has 2 unspecified atom stereocenters. The minimum Gasteiger partial charge on any atom is -0.444 e. The van der Waals surface area contributed by atoms with Gasteiger partial charge in [-0.15, -0.1) is 0 Å². The van der Waals surface area contributed by atoms with Crippen LogP contribution in [0.2, 0.25) is 0 Å². The molecular weight excluding hydrogens is 206 g/mol. The average molecular weight is 223 g/mol. The summed E-state index contributed by atoms with van der Waals surface area (Å²) in [6, 6.07) is 3.24. The van der Waals surface area contributed by atoms with E-state index in [4.69, 9.17) is 15.3 Å². The predicted molar refractivity (Wildman–Crippen MR) is 58.2 cm³/mol. The second kappa shape index (κ2) is 5.97. The molecular formula is C11H17N3O2. The quantitative estimate of drug-likeness (QED) is 0.792. The molecule has 0 aromatic heterocycles. The van der Waals surface area contributed by atoms with E-state index < -0.39 is 17.7 Å².